The summed E-state index contributed by atoms with van der Waals surface area (Å²) in [7, 11) is 0. The van der Waals surface area contributed by atoms with E-state index in [-0.39, 0.29) is 0 Å². The Morgan fingerprint density at radius 2 is 1.92 bits per heavy atom. The maximum atomic E-state index is 3.64. The van der Waals surface area contributed by atoms with Crippen LogP contribution in [0.3, 0.4) is 0 Å². The SMILES string of the molecule is C1CCN([C@H]2[C@H]3CC[C@H]2NC3)C1. The highest BCUT2D eigenvalue weighted by atomic mass is 15.2. The van der Waals surface area contributed by atoms with Crippen molar-refractivity contribution in [2.45, 2.75) is 37.8 Å². The molecule has 1 aliphatic carbocycles. The van der Waals surface area contributed by atoms with E-state index in [1.54, 1.807) is 0 Å². The molecule has 0 aromatic carbocycles. The molecule has 2 saturated heterocycles. The first-order valence-electron chi connectivity index (χ1n) is 5.42. The molecule has 3 fully saturated rings. The van der Waals surface area contributed by atoms with Crippen LogP contribution in [0.15, 0.2) is 0 Å². The third-order valence-corrected chi connectivity index (χ3v) is 3.95. The topological polar surface area (TPSA) is 15.3 Å². The Labute approximate surface area is 74.3 Å². The van der Waals surface area contributed by atoms with Crippen LogP contribution in [0.4, 0.5) is 0 Å². The number of likely N-dealkylation sites (tertiary alicyclic amines) is 1. The van der Waals surface area contributed by atoms with Crippen molar-refractivity contribution in [3.05, 3.63) is 0 Å². The van der Waals surface area contributed by atoms with Gasteiger partial charge in [0, 0.05) is 12.1 Å². The van der Waals surface area contributed by atoms with Crippen molar-refractivity contribution in [1.82, 2.24) is 10.2 Å². The van der Waals surface area contributed by atoms with Crippen LogP contribution in [0, 0.1) is 5.92 Å². The average molecular weight is 166 g/mol. The molecule has 3 aliphatic rings. The number of piperidine rings is 1. The van der Waals surface area contributed by atoms with E-state index >= 15 is 0 Å². The zero-order valence-electron chi connectivity index (χ0n) is 7.63. The van der Waals surface area contributed by atoms with Crippen molar-refractivity contribution < 1.29 is 0 Å². The summed E-state index contributed by atoms with van der Waals surface area (Å²) in [6.07, 6.45) is 5.80. The van der Waals surface area contributed by atoms with Gasteiger partial charge in [0.15, 0.2) is 0 Å². The smallest absolute Gasteiger partial charge is 0.0289 e. The van der Waals surface area contributed by atoms with E-state index < -0.39 is 0 Å². The van der Waals surface area contributed by atoms with Crippen LogP contribution < -0.4 is 5.32 Å². The molecule has 0 radical (unpaired) electrons. The minimum Gasteiger partial charge on any atom is -0.312 e. The number of hydrogen-bond acceptors (Lipinski definition) is 2. The van der Waals surface area contributed by atoms with Crippen LogP contribution in [0.1, 0.15) is 25.7 Å². The van der Waals surface area contributed by atoms with E-state index in [2.05, 4.69) is 10.2 Å². The number of fused-ring (bicyclic) bond motifs is 2. The lowest BCUT2D eigenvalue weighted by Gasteiger charge is -2.26. The van der Waals surface area contributed by atoms with Crippen LogP contribution in [0.2, 0.25) is 0 Å². The Hall–Kier alpha value is -0.0800. The molecule has 2 heteroatoms. The third kappa shape index (κ3) is 0.944. The van der Waals surface area contributed by atoms with Gasteiger partial charge in [-0.3, -0.25) is 4.90 Å². The Balaban J connectivity index is 1.75. The minimum absolute atomic E-state index is 0.855. The summed E-state index contributed by atoms with van der Waals surface area (Å²) in [5.41, 5.74) is 0. The Kier molecular flexibility index (Phi) is 1.66. The van der Waals surface area contributed by atoms with Crippen LogP contribution in [-0.4, -0.2) is 36.6 Å². The largest absolute Gasteiger partial charge is 0.312 e. The van der Waals surface area contributed by atoms with Gasteiger partial charge in [0.25, 0.3) is 0 Å². The van der Waals surface area contributed by atoms with Crippen LogP contribution in [0.25, 0.3) is 0 Å². The van der Waals surface area contributed by atoms with Crippen molar-refractivity contribution in [2.24, 2.45) is 5.92 Å². The second kappa shape index (κ2) is 2.71. The zero-order valence-corrected chi connectivity index (χ0v) is 7.63. The quantitative estimate of drug-likeness (QED) is 0.621. The third-order valence-electron chi connectivity index (χ3n) is 3.95. The molecule has 0 amide bonds. The summed E-state index contributed by atoms with van der Waals surface area (Å²) >= 11 is 0. The molecule has 0 spiro atoms. The predicted octanol–water partition coefficient (Wildman–Crippen LogP) is 0.833. The average Bonchev–Trinajstić information content (AvgIpc) is 2.78. The molecule has 2 heterocycles. The molecule has 1 saturated carbocycles. The molecule has 0 aromatic rings. The fourth-order valence-electron chi connectivity index (χ4n) is 3.40. The van der Waals surface area contributed by atoms with Gasteiger partial charge in [-0.05, 0) is 51.2 Å². The van der Waals surface area contributed by atoms with Gasteiger partial charge in [0.2, 0.25) is 0 Å². The summed E-state index contributed by atoms with van der Waals surface area (Å²) in [6.45, 7) is 4.05. The van der Waals surface area contributed by atoms with Crippen molar-refractivity contribution in [3.63, 3.8) is 0 Å². The van der Waals surface area contributed by atoms with Gasteiger partial charge < -0.3 is 5.32 Å². The number of nitrogens with zero attached hydrogens (tertiary/aromatic N) is 1. The van der Waals surface area contributed by atoms with Gasteiger partial charge in [0.1, 0.15) is 0 Å². The first-order chi connectivity index (χ1) is 5.95. The maximum absolute atomic E-state index is 3.64. The fourth-order valence-corrected chi connectivity index (χ4v) is 3.40. The van der Waals surface area contributed by atoms with E-state index in [4.69, 9.17) is 0 Å². The lowest BCUT2D eigenvalue weighted by Crippen LogP contribution is -2.40. The van der Waals surface area contributed by atoms with Gasteiger partial charge in [-0.15, -0.1) is 0 Å². The molecular formula is C10H18N2. The van der Waals surface area contributed by atoms with Crippen LogP contribution in [-0.2, 0) is 0 Å². The lowest BCUT2D eigenvalue weighted by atomic mass is 10.1. The maximum Gasteiger partial charge on any atom is 0.0289 e. The Morgan fingerprint density at radius 1 is 1.08 bits per heavy atom. The standard InChI is InChI=1S/C10H18N2/c1-2-6-12(5-1)10-8-3-4-9(10)11-7-8/h8-11H,1-7H2/t8-,9+,10-/m0/s1. The summed E-state index contributed by atoms with van der Waals surface area (Å²) in [6, 6.07) is 1.78. The molecule has 12 heavy (non-hydrogen) atoms. The highest BCUT2D eigenvalue weighted by molar-refractivity contribution is 5.03. The van der Waals surface area contributed by atoms with E-state index in [1.165, 1.54) is 45.3 Å². The second-order valence-corrected chi connectivity index (χ2v) is 4.59. The molecule has 0 aromatic heterocycles. The van der Waals surface area contributed by atoms with Crippen molar-refractivity contribution in [3.8, 4) is 0 Å². The molecule has 2 aliphatic heterocycles. The zero-order chi connectivity index (χ0) is 7.97. The van der Waals surface area contributed by atoms with E-state index in [0.29, 0.717) is 0 Å². The minimum atomic E-state index is 0.855. The molecule has 68 valence electrons. The molecule has 3 atom stereocenters. The van der Waals surface area contributed by atoms with Gasteiger partial charge >= 0.3 is 0 Å². The van der Waals surface area contributed by atoms with Gasteiger partial charge in [-0.2, -0.15) is 0 Å². The van der Waals surface area contributed by atoms with E-state index in [0.717, 1.165) is 18.0 Å². The molecule has 0 unspecified atom stereocenters. The van der Waals surface area contributed by atoms with Crippen molar-refractivity contribution in [2.75, 3.05) is 19.6 Å². The molecule has 1 N–H and O–H groups in total. The monoisotopic (exact) mass is 166 g/mol. The van der Waals surface area contributed by atoms with E-state index in [1.807, 2.05) is 0 Å². The number of nitrogens with one attached hydrogen (secondary N) is 1. The van der Waals surface area contributed by atoms with Gasteiger partial charge in [-0.25, -0.2) is 0 Å². The van der Waals surface area contributed by atoms with Gasteiger partial charge in [-0.1, -0.05) is 0 Å². The van der Waals surface area contributed by atoms with Crippen LogP contribution in [0.5, 0.6) is 0 Å². The van der Waals surface area contributed by atoms with E-state index in [9.17, 15) is 0 Å². The summed E-state index contributed by atoms with van der Waals surface area (Å²) in [5.74, 6) is 0.994. The Bertz CT molecular complexity index is 155. The fraction of sp³-hybridized carbons (Fsp3) is 1.00. The highest BCUT2D eigenvalue weighted by Gasteiger charge is 2.44. The second-order valence-electron chi connectivity index (χ2n) is 4.59. The van der Waals surface area contributed by atoms with Crippen molar-refractivity contribution >= 4 is 0 Å². The summed E-state index contributed by atoms with van der Waals surface area (Å²) in [5, 5.41) is 3.64. The molecule has 2 nitrogen and oxygen atoms in total. The highest BCUT2D eigenvalue weighted by Crippen LogP contribution is 2.36. The van der Waals surface area contributed by atoms with Crippen molar-refractivity contribution in [1.29, 1.82) is 0 Å². The van der Waals surface area contributed by atoms with Gasteiger partial charge in [0.05, 0.1) is 0 Å². The first-order valence-corrected chi connectivity index (χ1v) is 5.42. The first kappa shape index (κ1) is 7.34. The molecule has 2 bridgehead atoms. The number of hydrogen-bond donors (Lipinski definition) is 1. The molecular weight excluding hydrogens is 148 g/mol. The number of rotatable bonds is 1. The van der Waals surface area contributed by atoms with Crippen LogP contribution >= 0.6 is 0 Å². The lowest BCUT2D eigenvalue weighted by molar-refractivity contribution is 0.215. The normalized spacial score (nSPS) is 47.5. The predicted molar refractivity (Wildman–Crippen MR) is 49.1 cm³/mol. The Morgan fingerprint density at radius 3 is 2.42 bits per heavy atom. The summed E-state index contributed by atoms with van der Waals surface area (Å²) in [4.78, 5) is 2.74. The summed E-state index contributed by atoms with van der Waals surface area (Å²) < 4.78 is 0. The molecule has 3 rings (SSSR count).